The molecule has 0 aliphatic carbocycles. The van der Waals surface area contributed by atoms with E-state index in [-0.39, 0.29) is 5.76 Å². The van der Waals surface area contributed by atoms with Gasteiger partial charge in [-0.25, -0.2) is 5.43 Å². The van der Waals surface area contributed by atoms with Crippen LogP contribution in [-0.2, 0) is 0 Å². The smallest absolute Gasteiger partial charge is 0.307 e. The minimum atomic E-state index is -0.395. The number of nitrogens with zero attached hydrogens (tertiary/aromatic N) is 1. The number of nitrogens with one attached hydrogen (secondary N) is 1. The number of amides is 1. The van der Waals surface area contributed by atoms with E-state index in [1.807, 2.05) is 30.3 Å². The van der Waals surface area contributed by atoms with Crippen LogP contribution in [0.5, 0.6) is 0 Å². The molecule has 0 aliphatic heterocycles. The molecule has 0 aliphatic rings. The van der Waals surface area contributed by atoms with Gasteiger partial charge in [0.05, 0.1) is 6.21 Å². The van der Waals surface area contributed by atoms with Crippen LogP contribution in [0.4, 0.5) is 0 Å². The highest BCUT2D eigenvalue weighted by atomic mass is 16.3. The molecule has 4 heteroatoms. The zero-order valence-corrected chi connectivity index (χ0v) is 12.5. The van der Waals surface area contributed by atoms with E-state index in [0.29, 0.717) is 5.76 Å². The molecular formula is C18H18N2O2. The molecule has 1 N–H and O–H groups in total. The lowest BCUT2D eigenvalue weighted by Gasteiger charge is -1.95. The first-order chi connectivity index (χ1) is 10.8. The highest BCUT2D eigenvalue weighted by Gasteiger charge is 2.08. The first-order valence-corrected chi connectivity index (χ1v) is 7.26. The van der Waals surface area contributed by atoms with Crippen molar-refractivity contribution in [2.75, 3.05) is 0 Å². The summed E-state index contributed by atoms with van der Waals surface area (Å²) in [4.78, 5) is 11.9. The molecule has 0 atom stereocenters. The zero-order chi connectivity index (χ0) is 15.6. The summed E-state index contributed by atoms with van der Waals surface area (Å²) in [5.41, 5.74) is 3.33. The largest absolute Gasteiger partial charge is 0.443 e. The third-order valence-corrected chi connectivity index (χ3v) is 2.88. The Morgan fingerprint density at radius 3 is 2.86 bits per heavy atom. The van der Waals surface area contributed by atoms with E-state index in [4.69, 9.17) is 4.42 Å². The maximum atomic E-state index is 11.9. The van der Waals surface area contributed by atoms with Crippen molar-refractivity contribution in [2.24, 2.45) is 5.10 Å². The van der Waals surface area contributed by atoms with Crippen molar-refractivity contribution in [1.29, 1.82) is 0 Å². The van der Waals surface area contributed by atoms with Gasteiger partial charge in [0.25, 0.3) is 0 Å². The van der Waals surface area contributed by atoms with Crippen LogP contribution >= 0.6 is 0 Å². The second kappa shape index (κ2) is 8.48. The summed E-state index contributed by atoms with van der Waals surface area (Å²) in [5, 5.41) is 3.89. The molecular weight excluding hydrogens is 276 g/mol. The van der Waals surface area contributed by atoms with Crippen molar-refractivity contribution in [1.82, 2.24) is 5.43 Å². The van der Waals surface area contributed by atoms with Crippen LogP contribution in [-0.4, -0.2) is 12.1 Å². The lowest BCUT2D eigenvalue weighted by molar-refractivity contribution is 0.0927. The number of rotatable bonds is 5. The minimum Gasteiger partial charge on any atom is -0.443 e. The number of unbranched alkanes of at least 4 members (excludes halogenated alkanes) is 2. The molecule has 1 amide bonds. The zero-order valence-electron chi connectivity index (χ0n) is 12.5. The summed E-state index contributed by atoms with van der Waals surface area (Å²) in [7, 11) is 0. The van der Waals surface area contributed by atoms with E-state index < -0.39 is 5.91 Å². The Hall–Kier alpha value is -2.80. The summed E-state index contributed by atoms with van der Waals surface area (Å²) >= 11 is 0. The molecule has 0 fully saturated rings. The predicted octanol–water partition coefficient (Wildman–Crippen LogP) is 3.59. The van der Waals surface area contributed by atoms with Gasteiger partial charge < -0.3 is 4.42 Å². The summed E-state index contributed by atoms with van der Waals surface area (Å²) < 4.78 is 5.37. The maximum Gasteiger partial charge on any atom is 0.307 e. The van der Waals surface area contributed by atoms with E-state index in [1.54, 1.807) is 18.3 Å². The van der Waals surface area contributed by atoms with E-state index in [0.717, 1.165) is 24.8 Å². The van der Waals surface area contributed by atoms with E-state index in [2.05, 4.69) is 29.3 Å². The monoisotopic (exact) mass is 294 g/mol. The summed E-state index contributed by atoms with van der Waals surface area (Å²) in [6.07, 6.45) is 4.58. The third-order valence-electron chi connectivity index (χ3n) is 2.88. The molecule has 0 spiro atoms. The summed E-state index contributed by atoms with van der Waals surface area (Å²) in [6, 6.07) is 12.8. The first kappa shape index (κ1) is 15.6. The molecule has 0 unspecified atom stereocenters. The third kappa shape index (κ3) is 4.95. The molecule has 1 aromatic heterocycles. The van der Waals surface area contributed by atoms with Crippen molar-refractivity contribution in [3.05, 3.63) is 59.5 Å². The van der Waals surface area contributed by atoms with Crippen molar-refractivity contribution in [3.63, 3.8) is 0 Å². The number of carbonyl (C=O) groups is 1. The number of hydrogen-bond acceptors (Lipinski definition) is 3. The average molecular weight is 294 g/mol. The highest BCUT2D eigenvalue weighted by Crippen LogP contribution is 2.06. The molecule has 0 saturated heterocycles. The topological polar surface area (TPSA) is 54.6 Å². The number of furan rings is 1. The lowest BCUT2D eigenvalue weighted by atomic mass is 10.2. The van der Waals surface area contributed by atoms with Crippen LogP contribution in [0.15, 0.2) is 52.0 Å². The average Bonchev–Trinajstić information content (AvgIpc) is 3.01. The number of benzene rings is 1. The maximum absolute atomic E-state index is 11.9. The minimum absolute atomic E-state index is 0.199. The molecule has 1 heterocycles. The fraction of sp³-hybridized carbons (Fsp3) is 0.222. The van der Waals surface area contributed by atoms with Crippen molar-refractivity contribution in [2.45, 2.75) is 26.2 Å². The quantitative estimate of drug-likeness (QED) is 0.396. The van der Waals surface area contributed by atoms with Gasteiger partial charge in [-0.15, -0.1) is 0 Å². The number of carbonyl (C=O) groups excluding carboxylic acids is 1. The second-order valence-corrected chi connectivity index (χ2v) is 4.68. The molecule has 1 aromatic carbocycles. The van der Waals surface area contributed by atoms with Gasteiger partial charge in [0, 0.05) is 6.42 Å². The van der Waals surface area contributed by atoms with Crippen LogP contribution in [0.1, 0.15) is 48.1 Å². The number of hydrogen-bond donors (Lipinski definition) is 1. The SMILES string of the molecule is CCCCC#Cc1ccc(C(=O)NN=Cc2ccccc2)o1. The fourth-order valence-corrected chi connectivity index (χ4v) is 1.70. The predicted molar refractivity (Wildman–Crippen MR) is 86.6 cm³/mol. The van der Waals surface area contributed by atoms with Crippen molar-refractivity contribution < 1.29 is 9.21 Å². The molecule has 22 heavy (non-hydrogen) atoms. The van der Waals surface area contributed by atoms with Crippen LogP contribution in [0.3, 0.4) is 0 Å². The lowest BCUT2D eigenvalue weighted by Crippen LogP contribution is -2.16. The summed E-state index contributed by atoms with van der Waals surface area (Å²) in [5.74, 6) is 6.21. The molecule has 0 bridgehead atoms. The van der Waals surface area contributed by atoms with Crippen molar-refractivity contribution in [3.8, 4) is 11.8 Å². The molecule has 112 valence electrons. The highest BCUT2D eigenvalue weighted by molar-refractivity contribution is 5.92. The Morgan fingerprint density at radius 2 is 2.09 bits per heavy atom. The normalized spacial score (nSPS) is 10.2. The van der Waals surface area contributed by atoms with Gasteiger partial charge in [0.2, 0.25) is 0 Å². The van der Waals surface area contributed by atoms with E-state index in [9.17, 15) is 4.79 Å². The van der Waals surface area contributed by atoms with Gasteiger partial charge in [-0.05, 0) is 30.0 Å². The van der Waals surface area contributed by atoms with Gasteiger partial charge in [-0.2, -0.15) is 5.10 Å². The van der Waals surface area contributed by atoms with Gasteiger partial charge >= 0.3 is 5.91 Å². The second-order valence-electron chi connectivity index (χ2n) is 4.68. The number of hydrazone groups is 1. The van der Waals surface area contributed by atoms with E-state index >= 15 is 0 Å². The Labute approximate surface area is 130 Å². The van der Waals surface area contributed by atoms with Gasteiger partial charge in [0.15, 0.2) is 11.5 Å². The Morgan fingerprint density at radius 1 is 1.27 bits per heavy atom. The standard InChI is InChI=1S/C18H18N2O2/c1-2-3-4-8-11-16-12-13-17(22-16)18(21)20-19-14-15-9-6-5-7-10-15/h5-7,9-10,12-14H,2-4H2,1H3,(H,20,21). The van der Waals surface area contributed by atoms with Crippen LogP contribution in [0, 0.1) is 11.8 Å². The molecule has 2 rings (SSSR count). The fourth-order valence-electron chi connectivity index (χ4n) is 1.70. The van der Waals surface area contributed by atoms with Crippen LogP contribution < -0.4 is 5.43 Å². The van der Waals surface area contributed by atoms with Crippen LogP contribution in [0.2, 0.25) is 0 Å². The Bertz CT molecular complexity index is 691. The Kier molecular flexibility index (Phi) is 6.01. The molecule has 0 radical (unpaired) electrons. The molecule has 0 saturated carbocycles. The first-order valence-electron chi connectivity index (χ1n) is 7.26. The van der Waals surface area contributed by atoms with Crippen molar-refractivity contribution >= 4 is 12.1 Å². The molecule has 4 nitrogen and oxygen atoms in total. The van der Waals surface area contributed by atoms with E-state index in [1.165, 1.54) is 0 Å². The van der Waals surface area contributed by atoms with Gasteiger partial charge in [-0.1, -0.05) is 49.6 Å². The summed E-state index contributed by atoms with van der Waals surface area (Å²) in [6.45, 7) is 2.12. The Balaban J connectivity index is 1.89. The molecule has 2 aromatic rings. The van der Waals surface area contributed by atoms with Gasteiger partial charge in [-0.3, -0.25) is 4.79 Å². The van der Waals surface area contributed by atoms with Crippen LogP contribution in [0.25, 0.3) is 0 Å². The van der Waals surface area contributed by atoms with Gasteiger partial charge in [0.1, 0.15) is 0 Å².